The van der Waals surface area contributed by atoms with Crippen molar-refractivity contribution in [3.05, 3.63) is 72.4 Å². The third-order valence-corrected chi connectivity index (χ3v) is 7.22. The van der Waals surface area contributed by atoms with E-state index >= 15 is 0 Å². The van der Waals surface area contributed by atoms with E-state index in [-0.39, 0.29) is 0 Å². The predicted molar refractivity (Wildman–Crippen MR) is 135 cm³/mol. The van der Waals surface area contributed by atoms with E-state index in [1.807, 2.05) is 48.7 Å². The molecule has 178 valence electrons. The highest BCUT2D eigenvalue weighted by molar-refractivity contribution is 6.01. The first-order valence-corrected chi connectivity index (χ1v) is 12.1. The van der Waals surface area contributed by atoms with Crippen LogP contribution < -0.4 is 10.2 Å². The van der Waals surface area contributed by atoms with E-state index in [4.69, 9.17) is 9.15 Å². The fourth-order valence-electron chi connectivity index (χ4n) is 5.22. The topological polar surface area (TPSA) is 87.8 Å². The average Bonchev–Trinajstić information content (AvgIpc) is 3.26. The zero-order chi connectivity index (χ0) is 23.8. The Labute approximate surface area is 203 Å². The number of amides is 1. The van der Waals surface area contributed by atoms with Gasteiger partial charge in [-0.25, -0.2) is 9.78 Å². The number of ether oxygens (including phenoxy) is 1. The van der Waals surface area contributed by atoms with Crippen molar-refractivity contribution >= 4 is 22.9 Å². The van der Waals surface area contributed by atoms with Gasteiger partial charge in [-0.1, -0.05) is 54.6 Å². The minimum Gasteiger partial charge on any atom is -0.465 e. The summed E-state index contributed by atoms with van der Waals surface area (Å²) in [6, 6.07) is 20.5. The molecule has 2 fully saturated rings. The van der Waals surface area contributed by atoms with E-state index in [2.05, 4.69) is 33.4 Å². The summed E-state index contributed by atoms with van der Waals surface area (Å²) in [5.41, 5.74) is 5.17. The van der Waals surface area contributed by atoms with E-state index in [9.17, 15) is 9.90 Å². The number of rotatable bonds is 5. The van der Waals surface area contributed by atoms with Crippen LogP contribution in [0.1, 0.15) is 24.8 Å². The monoisotopic (exact) mass is 469 g/mol. The van der Waals surface area contributed by atoms with Crippen LogP contribution in [-0.4, -0.2) is 42.5 Å². The van der Waals surface area contributed by atoms with E-state index in [0.717, 1.165) is 71.4 Å². The van der Waals surface area contributed by atoms with Crippen molar-refractivity contribution < 1.29 is 19.1 Å². The quantitative estimate of drug-likeness (QED) is 0.393. The van der Waals surface area contributed by atoms with Crippen LogP contribution in [0.2, 0.25) is 0 Å². The van der Waals surface area contributed by atoms with Gasteiger partial charge in [0.1, 0.15) is 5.76 Å². The summed E-state index contributed by atoms with van der Waals surface area (Å²) in [7, 11) is 0. The van der Waals surface area contributed by atoms with Crippen LogP contribution in [0.25, 0.3) is 33.6 Å². The van der Waals surface area contributed by atoms with E-state index in [0.29, 0.717) is 18.9 Å². The fourth-order valence-corrected chi connectivity index (χ4v) is 5.22. The molecule has 35 heavy (non-hydrogen) atoms. The van der Waals surface area contributed by atoms with Crippen molar-refractivity contribution in [1.82, 2.24) is 10.3 Å². The minimum atomic E-state index is -0.987. The van der Waals surface area contributed by atoms with Crippen molar-refractivity contribution in [2.24, 2.45) is 0 Å². The normalized spacial score (nSPS) is 17.2. The first-order chi connectivity index (χ1) is 17.1. The lowest BCUT2D eigenvalue weighted by molar-refractivity contribution is 0.122. The standard InChI is InChI=1S/C28H27N3O4/c32-27(33)30-28(11-4-12-28)21-9-7-20(8-10-21)25-24(19-5-2-1-3-6-19)23-17-22(18-29-26(23)35-25)31-13-15-34-16-14-31/h1-3,5-10,17-18,30H,4,11-16H2,(H,32,33). The third-order valence-electron chi connectivity index (χ3n) is 7.22. The molecule has 2 N–H and O–H groups in total. The highest BCUT2D eigenvalue weighted by Gasteiger charge is 2.40. The molecule has 1 saturated heterocycles. The Bertz CT molecular complexity index is 1350. The largest absolute Gasteiger partial charge is 0.465 e. The number of fused-ring (bicyclic) bond motifs is 1. The Balaban J connectivity index is 1.44. The van der Waals surface area contributed by atoms with Crippen molar-refractivity contribution in [2.45, 2.75) is 24.8 Å². The second-order valence-corrected chi connectivity index (χ2v) is 9.26. The van der Waals surface area contributed by atoms with Crippen LogP contribution in [0, 0.1) is 0 Å². The van der Waals surface area contributed by atoms with Crippen LogP contribution >= 0.6 is 0 Å². The molecule has 1 aliphatic heterocycles. The van der Waals surface area contributed by atoms with Gasteiger partial charge in [-0.2, -0.15) is 0 Å². The number of hydrogen-bond donors (Lipinski definition) is 2. The van der Waals surface area contributed by atoms with Crippen LogP contribution in [0.4, 0.5) is 10.5 Å². The zero-order valence-electron chi connectivity index (χ0n) is 19.4. The Morgan fingerprint density at radius 1 is 1.00 bits per heavy atom. The van der Waals surface area contributed by atoms with Crippen molar-refractivity contribution in [3.8, 4) is 22.5 Å². The van der Waals surface area contributed by atoms with Gasteiger partial charge < -0.3 is 24.5 Å². The van der Waals surface area contributed by atoms with Crippen LogP contribution in [0.15, 0.2) is 71.3 Å². The molecule has 7 heteroatoms. The van der Waals surface area contributed by atoms with Crippen LogP contribution in [0.5, 0.6) is 0 Å². The van der Waals surface area contributed by atoms with Gasteiger partial charge in [0.15, 0.2) is 0 Å². The second kappa shape index (κ2) is 8.74. The molecule has 1 aliphatic carbocycles. The summed E-state index contributed by atoms with van der Waals surface area (Å²) in [5, 5.41) is 13.0. The molecule has 6 rings (SSSR count). The Morgan fingerprint density at radius 3 is 2.40 bits per heavy atom. The molecule has 0 unspecified atom stereocenters. The molecule has 2 aliphatic rings. The number of pyridine rings is 1. The van der Waals surface area contributed by atoms with Gasteiger partial charge in [0.2, 0.25) is 5.71 Å². The summed E-state index contributed by atoms with van der Waals surface area (Å²) in [4.78, 5) is 18.3. The molecule has 2 aromatic carbocycles. The number of aromatic nitrogens is 1. The van der Waals surface area contributed by atoms with Crippen LogP contribution in [-0.2, 0) is 10.3 Å². The summed E-state index contributed by atoms with van der Waals surface area (Å²) in [6.07, 6.45) is 3.52. The lowest BCUT2D eigenvalue weighted by Gasteiger charge is -2.42. The highest BCUT2D eigenvalue weighted by Crippen LogP contribution is 2.44. The molecule has 4 aromatic rings. The molecule has 0 atom stereocenters. The van der Waals surface area contributed by atoms with Gasteiger partial charge in [-0.15, -0.1) is 0 Å². The third kappa shape index (κ3) is 3.91. The molecular formula is C28H27N3O4. The number of furan rings is 1. The minimum absolute atomic E-state index is 0.491. The molecule has 7 nitrogen and oxygen atoms in total. The lowest BCUT2D eigenvalue weighted by atomic mass is 9.72. The maximum atomic E-state index is 11.4. The number of benzene rings is 2. The summed E-state index contributed by atoms with van der Waals surface area (Å²) >= 11 is 0. The van der Waals surface area contributed by atoms with Gasteiger partial charge in [0.25, 0.3) is 0 Å². The molecule has 0 spiro atoms. The second-order valence-electron chi connectivity index (χ2n) is 9.26. The van der Waals surface area contributed by atoms with Crippen molar-refractivity contribution in [1.29, 1.82) is 0 Å². The van der Waals surface area contributed by atoms with E-state index < -0.39 is 11.6 Å². The number of carboxylic acid groups (broad SMARTS) is 1. The number of nitrogens with one attached hydrogen (secondary N) is 1. The van der Waals surface area contributed by atoms with Crippen molar-refractivity contribution in [2.75, 3.05) is 31.2 Å². The zero-order valence-corrected chi connectivity index (χ0v) is 19.4. The highest BCUT2D eigenvalue weighted by atomic mass is 16.5. The fraction of sp³-hybridized carbons (Fsp3) is 0.286. The molecular weight excluding hydrogens is 442 g/mol. The molecule has 1 amide bonds. The first-order valence-electron chi connectivity index (χ1n) is 12.1. The van der Waals surface area contributed by atoms with Gasteiger partial charge >= 0.3 is 6.09 Å². The summed E-state index contributed by atoms with van der Waals surface area (Å²) in [6.45, 7) is 3.11. The lowest BCUT2D eigenvalue weighted by Crippen LogP contribution is -2.50. The van der Waals surface area contributed by atoms with Crippen LogP contribution in [0.3, 0.4) is 0 Å². The Kier molecular flexibility index (Phi) is 5.41. The van der Waals surface area contributed by atoms with Gasteiger partial charge in [-0.3, -0.25) is 0 Å². The smallest absolute Gasteiger partial charge is 0.405 e. The summed E-state index contributed by atoms with van der Waals surface area (Å²) < 4.78 is 11.9. The first kappa shape index (κ1) is 21.7. The number of anilines is 1. The SMILES string of the molecule is O=C(O)NC1(c2ccc(-c3oc4ncc(N5CCOCC5)cc4c3-c3ccccc3)cc2)CCC1. The number of morpholine rings is 1. The van der Waals surface area contributed by atoms with Gasteiger partial charge in [0, 0.05) is 24.2 Å². The maximum absolute atomic E-state index is 11.4. The van der Waals surface area contributed by atoms with Gasteiger partial charge in [-0.05, 0) is 36.5 Å². The van der Waals surface area contributed by atoms with E-state index in [1.165, 1.54) is 0 Å². The van der Waals surface area contributed by atoms with Gasteiger partial charge in [0.05, 0.1) is 36.0 Å². The molecule has 0 bridgehead atoms. The number of nitrogens with zero attached hydrogens (tertiary/aromatic N) is 2. The molecule has 1 saturated carbocycles. The maximum Gasteiger partial charge on any atom is 0.405 e. The summed E-state index contributed by atoms with van der Waals surface area (Å²) in [5.74, 6) is 0.762. The Morgan fingerprint density at radius 2 is 1.74 bits per heavy atom. The Hall–Kier alpha value is -3.84. The molecule has 2 aromatic heterocycles. The molecule has 3 heterocycles. The predicted octanol–water partition coefficient (Wildman–Crippen LogP) is 5.65. The average molecular weight is 470 g/mol. The number of hydrogen-bond acceptors (Lipinski definition) is 5. The molecule has 0 radical (unpaired) electrons. The number of carbonyl (C=O) groups is 1. The van der Waals surface area contributed by atoms with E-state index in [1.54, 1.807) is 0 Å². The van der Waals surface area contributed by atoms with Crippen molar-refractivity contribution in [3.63, 3.8) is 0 Å².